The minimum Gasteiger partial charge on any atom is -0.496 e. The summed E-state index contributed by atoms with van der Waals surface area (Å²) in [5, 5.41) is 4.76. The lowest BCUT2D eigenvalue weighted by Crippen LogP contribution is -1.97. The molecule has 0 saturated carbocycles. The fraction of sp³-hybridized carbons (Fsp3) is 0.0526. The zero-order chi connectivity index (χ0) is 15.6. The first-order valence-corrected chi connectivity index (χ1v) is 7.40. The number of para-hydroxylation sites is 1. The van der Waals surface area contributed by atoms with Crippen LogP contribution in [0.5, 0.6) is 5.75 Å². The molecule has 0 atom stereocenters. The summed E-state index contributed by atoms with van der Waals surface area (Å²) in [6.45, 7) is 0. The summed E-state index contributed by atoms with van der Waals surface area (Å²) in [6, 6.07) is 22.0. The second-order valence-electron chi connectivity index (χ2n) is 5.20. The van der Waals surface area contributed by atoms with Crippen LogP contribution in [0.3, 0.4) is 0 Å². The van der Waals surface area contributed by atoms with Gasteiger partial charge in [0.05, 0.1) is 24.7 Å². The number of imidazole rings is 1. The van der Waals surface area contributed by atoms with Crippen LogP contribution >= 0.6 is 0 Å². The van der Waals surface area contributed by atoms with Crippen molar-refractivity contribution in [3.63, 3.8) is 0 Å². The molecule has 0 N–H and O–H groups in total. The van der Waals surface area contributed by atoms with E-state index >= 15 is 0 Å². The first-order valence-electron chi connectivity index (χ1n) is 7.40. The minimum absolute atomic E-state index is 0.806. The summed E-state index contributed by atoms with van der Waals surface area (Å²) in [5.41, 5.74) is 4.69. The van der Waals surface area contributed by atoms with Crippen LogP contribution in [0, 0.1) is 0 Å². The zero-order valence-electron chi connectivity index (χ0n) is 12.7. The van der Waals surface area contributed by atoms with Crippen molar-refractivity contribution in [1.29, 1.82) is 0 Å². The van der Waals surface area contributed by atoms with E-state index in [1.807, 2.05) is 65.3 Å². The predicted octanol–water partition coefficient (Wildman–Crippen LogP) is 4.07. The number of hydrogen-bond acceptors (Lipinski definition) is 3. The number of fused-ring (bicyclic) bond motifs is 1. The third-order valence-corrected chi connectivity index (χ3v) is 3.81. The van der Waals surface area contributed by atoms with E-state index in [0.717, 1.165) is 33.9 Å². The molecule has 2 heterocycles. The molecule has 2 aromatic carbocycles. The number of rotatable bonds is 3. The number of hydrogen-bond donors (Lipinski definition) is 0. The molecule has 0 unspecified atom stereocenters. The normalized spacial score (nSPS) is 10.8. The molecule has 0 saturated heterocycles. The molecular weight excluding hydrogens is 286 g/mol. The number of ether oxygens (including phenoxy) is 1. The summed E-state index contributed by atoms with van der Waals surface area (Å²) in [7, 11) is 1.67. The quantitative estimate of drug-likeness (QED) is 0.572. The Bertz CT molecular complexity index is 961. The summed E-state index contributed by atoms with van der Waals surface area (Å²) in [6.07, 6.45) is 1.85. The molecule has 23 heavy (non-hydrogen) atoms. The van der Waals surface area contributed by atoms with E-state index in [1.165, 1.54) is 0 Å². The highest BCUT2D eigenvalue weighted by Gasteiger charge is 2.11. The molecule has 0 spiro atoms. The van der Waals surface area contributed by atoms with Crippen LogP contribution in [-0.4, -0.2) is 21.7 Å². The average molecular weight is 301 g/mol. The van der Waals surface area contributed by atoms with Gasteiger partial charge >= 0.3 is 0 Å². The van der Waals surface area contributed by atoms with Gasteiger partial charge in [-0.15, -0.1) is 0 Å². The number of methoxy groups -OCH3 is 1. The third kappa shape index (κ3) is 2.34. The molecule has 0 aliphatic rings. The first kappa shape index (κ1) is 13.5. The summed E-state index contributed by atoms with van der Waals surface area (Å²) in [5.74, 6) is 0.806. The lowest BCUT2D eigenvalue weighted by atomic mass is 10.1. The molecule has 0 aliphatic heterocycles. The van der Waals surface area contributed by atoms with Crippen LogP contribution in [0.1, 0.15) is 0 Å². The first-order chi connectivity index (χ1) is 11.4. The molecule has 4 heteroatoms. The van der Waals surface area contributed by atoms with Gasteiger partial charge in [-0.3, -0.25) is 0 Å². The van der Waals surface area contributed by atoms with Gasteiger partial charge in [0.25, 0.3) is 0 Å². The number of aromatic nitrogens is 3. The molecule has 4 nitrogen and oxygen atoms in total. The Hall–Kier alpha value is -3.14. The van der Waals surface area contributed by atoms with Gasteiger partial charge in [0.2, 0.25) is 0 Å². The van der Waals surface area contributed by atoms with Crippen LogP contribution in [0.4, 0.5) is 0 Å². The Morgan fingerprint density at radius 3 is 2.48 bits per heavy atom. The van der Waals surface area contributed by atoms with E-state index < -0.39 is 0 Å². The Balaban J connectivity index is 1.91. The van der Waals surface area contributed by atoms with E-state index in [4.69, 9.17) is 9.84 Å². The molecule has 0 radical (unpaired) electrons. The molecular formula is C19H15N3O. The monoisotopic (exact) mass is 301 g/mol. The molecule has 2 aromatic heterocycles. The third-order valence-electron chi connectivity index (χ3n) is 3.81. The van der Waals surface area contributed by atoms with Crippen LogP contribution in [-0.2, 0) is 0 Å². The number of nitrogens with zero attached hydrogens (tertiary/aromatic N) is 3. The van der Waals surface area contributed by atoms with Crippen LogP contribution < -0.4 is 4.74 Å². The van der Waals surface area contributed by atoms with Crippen molar-refractivity contribution in [1.82, 2.24) is 14.6 Å². The van der Waals surface area contributed by atoms with Gasteiger partial charge in [-0.2, -0.15) is 5.10 Å². The lowest BCUT2D eigenvalue weighted by Gasteiger charge is -2.08. The molecule has 112 valence electrons. The van der Waals surface area contributed by atoms with Crippen molar-refractivity contribution >= 4 is 5.65 Å². The highest BCUT2D eigenvalue weighted by Crippen LogP contribution is 2.29. The van der Waals surface area contributed by atoms with E-state index in [1.54, 1.807) is 7.11 Å². The number of benzene rings is 2. The van der Waals surface area contributed by atoms with Crippen molar-refractivity contribution in [2.45, 2.75) is 0 Å². The van der Waals surface area contributed by atoms with E-state index in [2.05, 4.69) is 17.1 Å². The van der Waals surface area contributed by atoms with E-state index in [-0.39, 0.29) is 0 Å². The standard InChI is InChI=1S/C19H15N3O/c1-23-18-10-6-5-9-15(18)16-11-12-19-20-13-17(22(19)21-16)14-7-3-2-4-8-14/h2-13H,1H3. The van der Waals surface area contributed by atoms with E-state index in [9.17, 15) is 0 Å². The molecule has 0 fully saturated rings. The van der Waals surface area contributed by atoms with Gasteiger partial charge in [-0.05, 0) is 24.3 Å². The van der Waals surface area contributed by atoms with Gasteiger partial charge in [-0.1, -0.05) is 42.5 Å². The highest BCUT2D eigenvalue weighted by atomic mass is 16.5. The fourth-order valence-electron chi connectivity index (χ4n) is 2.68. The van der Waals surface area contributed by atoms with Crippen LogP contribution in [0.25, 0.3) is 28.2 Å². The molecule has 4 rings (SSSR count). The summed E-state index contributed by atoms with van der Waals surface area (Å²) in [4.78, 5) is 4.44. The second kappa shape index (κ2) is 5.57. The van der Waals surface area contributed by atoms with Crippen molar-refractivity contribution in [2.75, 3.05) is 7.11 Å². The molecule has 0 aliphatic carbocycles. The zero-order valence-corrected chi connectivity index (χ0v) is 12.7. The predicted molar refractivity (Wildman–Crippen MR) is 90.4 cm³/mol. The van der Waals surface area contributed by atoms with Gasteiger partial charge in [0.15, 0.2) is 5.65 Å². The van der Waals surface area contributed by atoms with Crippen LogP contribution in [0.2, 0.25) is 0 Å². The largest absolute Gasteiger partial charge is 0.496 e. The molecule has 0 bridgehead atoms. The summed E-state index contributed by atoms with van der Waals surface area (Å²) < 4.78 is 7.32. The van der Waals surface area contributed by atoms with Gasteiger partial charge < -0.3 is 4.74 Å². The molecule has 0 amide bonds. The maximum Gasteiger partial charge on any atom is 0.154 e. The van der Waals surface area contributed by atoms with E-state index in [0.29, 0.717) is 0 Å². The Morgan fingerprint density at radius 2 is 1.65 bits per heavy atom. The van der Waals surface area contributed by atoms with Crippen molar-refractivity contribution < 1.29 is 4.74 Å². The molecule has 4 aromatic rings. The second-order valence-corrected chi connectivity index (χ2v) is 5.20. The minimum atomic E-state index is 0.806. The van der Waals surface area contributed by atoms with Crippen molar-refractivity contribution in [3.05, 3.63) is 72.9 Å². The highest BCUT2D eigenvalue weighted by molar-refractivity contribution is 5.69. The van der Waals surface area contributed by atoms with Crippen LogP contribution in [0.15, 0.2) is 72.9 Å². The maximum absolute atomic E-state index is 5.44. The van der Waals surface area contributed by atoms with Crippen molar-refractivity contribution in [2.24, 2.45) is 0 Å². The van der Waals surface area contributed by atoms with Gasteiger partial charge in [-0.25, -0.2) is 9.50 Å². The fourth-order valence-corrected chi connectivity index (χ4v) is 2.68. The Kier molecular flexibility index (Phi) is 3.27. The van der Waals surface area contributed by atoms with Gasteiger partial charge in [0, 0.05) is 11.1 Å². The topological polar surface area (TPSA) is 39.4 Å². The SMILES string of the molecule is COc1ccccc1-c1ccc2ncc(-c3ccccc3)n2n1. The average Bonchev–Trinajstić information content (AvgIpc) is 3.05. The Morgan fingerprint density at radius 1 is 0.870 bits per heavy atom. The van der Waals surface area contributed by atoms with Gasteiger partial charge in [0.1, 0.15) is 5.75 Å². The lowest BCUT2D eigenvalue weighted by molar-refractivity contribution is 0.416. The smallest absolute Gasteiger partial charge is 0.154 e. The van der Waals surface area contributed by atoms with Crippen molar-refractivity contribution in [3.8, 4) is 28.3 Å². The Labute approximate surface area is 134 Å². The summed E-state index contributed by atoms with van der Waals surface area (Å²) >= 11 is 0. The maximum atomic E-state index is 5.44.